The highest BCUT2D eigenvalue weighted by Gasteiger charge is 2.12. The van der Waals surface area contributed by atoms with E-state index in [0.717, 1.165) is 23.2 Å². The molecule has 0 aromatic heterocycles. The Morgan fingerprint density at radius 3 is 2.82 bits per heavy atom. The highest BCUT2D eigenvalue weighted by Crippen LogP contribution is 2.23. The number of carbonyl (C=O) groups excluding carboxylic acids is 1. The third-order valence-corrected chi connectivity index (χ3v) is 4.33. The molecule has 1 rings (SSSR count). The van der Waals surface area contributed by atoms with Gasteiger partial charge in [0.1, 0.15) is 0 Å². The van der Waals surface area contributed by atoms with E-state index >= 15 is 0 Å². The Bertz CT molecular complexity index is 370. The number of benzene rings is 1. The molecule has 1 amide bonds. The van der Waals surface area contributed by atoms with Gasteiger partial charge in [-0.25, -0.2) is 0 Å². The van der Waals surface area contributed by atoms with Crippen molar-refractivity contribution in [2.75, 3.05) is 6.54 Å². The van der Waals surface area contributed by atoms with E-state index < -0.39 is 0 Å². The Morgan fingerprint density at radius 2 is 2.18 bits per heavy atom. The van der Waals surface area contributed by atoms with E-state index in [0.29, 0.717) is 0 Å². The maximum Gasteiger partial charge on any atom is 0.232 e. The molecule has 0 aliphatic carbocycles. The maximum atomic E-state index is 11.7. The van der Waals surface area contributed by atoms with Crippen molar-refractivity contribution >= 4 is 33.6 Å². The van der Waals surface area contributed by atoms with Crippen molar-refractivity contribution < 1.29 is 4.79 Å². The first-order chi connectivity index (χ1) is 8.15. The van der Waals surface area contributed by atoms with Gasteiger partial charge in [0.15, 0.2) is 0 Å². The average molecular weight is 316 g/mol. The van der Waals surface area contributed by atoms with E-state index in [1.165, 1.54) is 5.56 Å². The van der Waals surface area contributed by atoms with Crippen LogP contribution in [0.3, 0.4) is 0 Å². The molecule has 2 nitrogen and oxygen atoms in total. The van der Waals surface area contributed by atoms with Gasteiger partial charge >= 0.3 is 0 Å². The summed E-state index contributed by atoms with van der Waals surface area (Å²) in [6.07, 6.45) is 0.980. The van der Waals surface area contributed by atoms with E-state index in [-0.39, 0.29) is 11.2 Å². The van der Waals surface area contributed by atoms with Crippen molar-refractivity contribution in [3.05, 3.63) is 34.3 Å². The summed E-state index contributed by atoms with van der Waals surface area (Å²) >= 11 is 5.17. The zero-order valence-corrected chi connectivity index (χ0v) is 12.6. The third-order valence-electron chi connectivity index (χ3n) is 2.37. The first-order valence-corrected chi connectivity index (χ1v) is 7.62. The normalized spacial score (nSPS) is 12.2. The SMILES string of the molecule is CCCNC(=O)C(C)SCc1ccccc1Br. The van der Waals surface area contributed by atoms with Crippen LogP contribution in [0.2, 0.25) is 0 Å². The van der Waals surface area contributed by atoms with Crippen LogP contribution < -0.4 is 5.32 Å². The number of rotatable bonds is 6. The molecular weight excluding hydrogens is 298 g/mol. The fourth-order valence-corrected chi connectivity index (χ4v) is 2.82. The second-order valence-electron chi connectivity index (χ2n) is 3.84. The molecule has 0 spiro atoms. The molecule has 0 saturated heterocycles. The molecule has 1 atom stereocenters. The van der Waals surface area contributed by atoms with Gasteiger partial charge in [0, 0.05) is 16.8 Å². The summed E-state index contributed by atoms with van der Waals surface area (Å²) < 4.78 is 1.11. The topological polar surface area (TPSA) is 29.1 Å². The number of hydrogen-bond acceptors (Lipinski definition) is 2. The van der Waals surface area contributed by atoms with Crippen LogP contribution >= 0.6 is 27.7 Å². The van der Waals surface area contributed by atoms with Gasteiger partial charge < -0.3 is 5.32 Å². The summed E-state index contributed by atoms with van der Waals surface area (Å²) in [6, 6.07) is 8.11. The summed E-state index contributed by atoms with van der Waals surface area (Å²) in [6.45, 7) is 4.77. The van der Waals surface area contributed by atoms with Crippen molar-refractivity contribution in [3.63, 3.8) is 0 Å². The molecule has 0 aliphatic heterocycles. The third kappa shape index (κ3) is 5.13. The van der Waals surface area contributed by atoms with Crippen LogP contribution in [0.25, 0.3) is 0 Å². The zero-order valence-electron chi connectivity index (χ0n) is 10.2. The highest BCUT2D eigenvalue weighted by atomic mass is 79.9. The van der Waals surface area contributed by atoms with Crippen LogP contribution in [0.5, 0.6) is 0 Å². The van der Waals surface area contributed by atoms with Gasteiger partial charge in [0.25, 0.3) is 0 Å². The van der Waals surface area contributed by atoms with Crippen LogP contribution in [0, 0.1) is 0 Å². The van der Waals surface area contributed by atoms with Crippen LogP contribution in [0.15, 0.2) is 28.7 Å². The summed E-state index contributed by atoms with van der Waals surface area (Å²) in [4.78, 5) is 11.7. The summed E-state index contributed by atoms with van der Waals surface area (Å²) in [5.41, 5.74) is 1.23. The van der Waals surface area contributed by atoms with Gasteiger partial charge in [-0.3, -0.25) is 4.79 Å². The molecule has 0 aliphatic rings. The minimum atomic E-state index is -0.00587. The molecule has 1 aromatic carbocycles. The Hall–Kier alpha value is -0.480. The first-order valence-electron chi connectivity index (χ1n) is 5.78. The number of nitrogens with one attached hydrogen (secondary N) is 1. The quantitative estimate of drug-likeness (QED) is 0.869. The lowest BCUT2D eigenvalue weighted by Gasteiger charge is -2.12. The van der Waals surface area contributed by atoms with Gasteiger partial charge in [0.05, 0.1) is 5.25 Å². The van der Waals surface area contributed by atoms with Gasteiger partial charge in [-0.05, 0) is 25.0 Å². The van der Waals surface area contributed by atoms with Gasteiger partial charge in [0.2, 0.25) is 5.91 Å². The standard InChI is InChI=1S/C13H18BrNOS/c1-3-8-15-13(16)10(2)17-9-11-6-4-5-7-12(11)14/h4-7,10H,3,8-9H2,1-2H3,(H,15,16). The molecule has 0 saturated carbocycles. The van der Waals surface area contributed by atoms with Crippen molar-refractivity contribution in [1.82, 2.24) is 5.32 Å². The van der Waals surface area contributed by atoms with Gasteiger partial charge in [-0.2, -0.15) is 0 Å². The average Bonchev–Trinajstić information content (AvgIpc) is 2.34. The lowest BCUT2D eigenvalue weighted by molar-refractivity contribution is -0.120. The molecule has 0 fully saturated rings. The molecule has 17 heavy (non-hydrogen) atoms. The number of halogens is 1. The van der Waals surface area contributed by atoms with E-state index in [1.54, 1.807) is 11.8 Å². The summed E-state index contributed by atoms with van der Waals surface area (Å²) in [5.74, 6) is 0.978. The van der Waals surface area contributed by atoms with Crippen LogP contribution in [0.4, 0.5) is 0 Å². The van der Waals surface area contributed by atoms with E-state index in [4.69, 9.17) is 0 Å². The monoisotopic (exact) mass is 315 g/mol. The molecule has 0 heterocycles. The number of thioether (sulfide) groups is 1. The number of carbonyl (C=O) groups is 1. The Kier molecular flexibility index (Phi) is 6.66. The van der Waals surface area contributed by atoms with E-state index in [1.807, 2.05) is 25.1 Å². The van der Waals surface area contributed by atoms with Crippen LogP contribution in [-0.2, 0) is 10.5 Å². The number of hydrogen-bond donors (Lipinski definition) is 1. The largest absolute Gasteiger partial charge is 0.355 e. The fraction of sp³-hybridized carbons (Fsp3) is 0.462. The minimum absolute atomic E-state index is 0.00587. The van der Waals surface area contributed by atoms with E-state index in [2.05, 4.69) is 34.2 Å². The molecule has 1 unspecified atom stereocenters. The molecule has 0 bridgehead atoms. The van der Waals surface area contributed by atoms with E-state index in [9.17, 15) is 4.79 Å². The second kappa shape index (κ2) is 7.77. The first kappa shape index (κ1) is 14.6. The fourth-order valence-electron chi connectivity index (χ4n) is 1.30. The Morgan fingerprint density at radius 1 is 1.47 bits per heavy atom. The van der Waals surface area contributed by atoms with Crippen LogP contribution in [0.1, 0.15) is 25.8 Å². The predicted octanol–water partition coefficient (Wildman–Crippen LogP) is 3.60. The summed E-state index contributed by atoms with van der Waals surface area (Å²) in [7, 11) is 0. The Balaban J connectivity index is 2.40. The van der Waals surface area contributed by atoms with Gasteiger partial charge in [-0.1, -0.05) is 41.1 Å². The highest BCUT2D eigenvalue weighted by molar-refractivity contribution is 9.10. The lowest BCUT2D eigenvalue weighted by atomic mass is 10.2. The Labute approximate surface area is 116 Å². The molecule has 1 N–H and O–H groups in total. The van der Waals surface area contributed by atoms with Crippen molar-refractivity contribution in [3.8, 4) is 0 Å². The predicted molar refractivity (Wildman–Crippen MR) is 78.2 cm³/mol. The molecule has 0 radical (unpaired) electrons. The lowest BCUT2D eigenvalue weighted by Crippen LogP contribution is -2.31. The van der Waals surface area contributed by atoms with Crippen molar-refractivity contribution in [1.29, 1.82) is 0 Å². The summed E-state index contributed by atoms with van der Waals surface area (Å²) in [5, 5.41) is 2.91. The second-order valence-corrected chi connectivity index (χ2v) is 6.02. The molecule has 1 aromatic rings. The molecule has 94 valence electrons. The van der Waals surface area contributed by atoms with Crippen molar-refractivity contribution in [2.24, 2.45) is 0 Å². The van der Waals surface area contributed by atoms with Crippen LogP contribution in [-0.4, -0.2) is 17.7 Å². The maximum absolute atomic E-state index is 11.7. The minimum Gasteiger partial charge on any atom is -0.355 e. The van der Waals surface area contributed by atoms with Gasteiger partial charge in [-0.15, -0.1) is 11.8 Å². The number of amides is 1. The molecular formula is C13H18BrNOS. The smallest absolute Gasteiger partial charge is 0.232 e. The molecule has 4 heteroatoms. The zero-order chi connectivity index (χ0) is 12.7. The van der Waals surface area contributed by atoms with Crippen molar-refractivity contribution in [2.45, 2.75) is 31.3 Å².